The van der Waals surface area contributed by atoms with Crippen LogP contribution in [-0.2, 0) is 12.7 Å². The molecule has 0 saturated carbocycles. The Morgan fingerprint density at radius 2 is 1.66 bits per heavy atom. The van der Waals surface area contributed by atoms with Crippen molar-refractivity contribution in [2.24, 2.45) is 0 Å². The number of nitrogens with one attached hydrogen (secondary N) is 2. The number of alkyl halides is 3. The Labute approximate surface area is 307 Å². The summed E-state index contributed by atoms with van der Waals surface area (Å²) in [7, 11) is 1.72. The summed E-state index contributed by atoms with van der Waals surface area (Å²) in [5, 5.41) is 15.3. The van der Waals surface area contributed by atoms with Crippen molar-refractivity contribution in [1.29, 1.82) is 0 Å². The van der Waals surface area contributed by atoms with E-state index >= 15 is 0 Å². The topological polar surface area (TPSA) is 118 Å². The van der Waals surface area contributed by atoms with Crippen molar-refractivity contribution < 1.29 is 32.7 Å². The van der Waals surface area contributed by atoms with Gasteiger partial charge < -0.3 is 25.5 Å². The molecule has 1 fully saturated rings. The lowest BCUT2D eigenvalue weighted by atomic mass is 10.0. The molecule has 53 heavy (non-hydrogen) atoms. The molecular formula is C40H45F3N6O4. The summed E-state index contributed by atoms with van der Waals surface area (Å²) in [6.45, 7) is 7.49. The summed E-state index contributed by atoms with van der Waals surface area (Å²) in [6.07, 6.45) is -1.08. The SMILES string of the molecule is CCN(CC)c1ccc(NC(=O)c2cccc(C(=O)N(C)CCN3CCCC3CO)c2)c(-c2cc(C(=O)NCc3cccc(C(F)(F)F)c3)ccn2)c1. The molecule has 1 aliphatic rings. The molecule has 0 bridgehead atoms. The first-order valence-electron chi connectivity index (χ1n) is 17.7. The molecule has 4 aromatic rings. The van der Waals surface area contributed by atoms with Gasteiger partial charge >= 0.3 is 6.18 Å². The zero-order chi connectivity index (χ0) is 38.1. The third-order valence-electron chi connectivity index (χ3n) is 9.54. The number of anilines is 2. The van der Waals surface area contributed by atoms with Crippen LogP contribution in [0.5, 0.6) is 0 Å². The number of benzene rings is 3. The van der Waals surface area contributed by atoms with Gasteiger partial charge in [-0.1, -0.05) is 18.2 Å². The number of rotatable bonds is 14. The monoisotopic (exact) mass is 730 g/mol. The summed E-state index contributed by atoms with van der Waals surface area (Å²) >= 11 is 0. The number of likely N-dealkylation sites (N-methyl/N-ethyl adjacent to an activating group) is 1. The highest BCUT2D eigenvalue weighted by atomic mass is 19.4. The average Bonchev–Trinajstić information content (AvgIpc) is 3.64. The van der Waals surface area contributed by atoms with Crippen LogP contribution in [0.3, 0.4) is 0 Å². The third-order valence-corrected chi connectivity index (χ3v) is 9.54. The second-order valence-electron chi connectivity index (χ2n) is 13.0. The first-order valence-corrected chi connectivity index (χ1v) is 17.7. The summed E-state index contributed by atoms with van der Waals surface area (Å²) in [5.74, 6) is -1.18. The van der Waals surface area contributed by atoms with Gasteiger partial charge in [-0.2, -0.15) is 13.2 Å². The fraction of sp³-hybridized carbons (Fsp3) is 0.350. The quantitative estimate of drug-likeness (QED) is 0.139. The number of nitrogens with zero attached hydrogens (tertiary/aromatic N) is 4. The number of carbonyl (C=O) groups is 3. The van der Waals surface area contributed by atoms with E-state index in [1.807, 2.05) is 26.0 Å². The molecular weight excluding hydrogens is 685 g/mol. The lowest BCUT2D eigenvalue weighted by Crippen LogP contribution is -2.39. The minimum absolute atomic E-state index is 0.0952. The maximum Gasteiger partial charge on any atom is 0.416 e. The number of hydrogen-bond acceptors (Lipinski definition) is 7. The van der Waals surface area contributed by atoms with Crippen molar-refractivity contribution in [3.63, 3.8) is 0 Å². The standard InChI is InChI=1S/C40H45F3N6O4/c1-4-48(5-2)32-14-15-35(46-38(52)28-10-7-11-30(22-28)39(53)47(3)19-20-49-18-8-13-33(49)26-50)34(24-32)36-23-29(16-17-44-36)37(51)45-25-27-9-6-12-31(21-27)40(41,42)43/h6-7,9-12,14-17,21-24,33,50H,4-5,8,13,18-20,25-26H2,1-3H3,(H,45,51)(H,46,52). The first kappa shape index (κ1) is 38.9. The van der Waals surface area contributed by atoms with Gasteiger partial charge in [0.15, 0.2) is 0 Å². The Kier molecular flexibility index (Phi) is 12.9. The predicted molar refractivity (Wildman–Crippen MR) is 199 cm³/mol. The molecule has 1 atom stereocenters. The average molecular weight is 731 g/mol. The van der Waals surface area contributed by atoms with Gasteiger partial charge in [-0.05, 0) is 99.5 Å². The van der Waals surface area contributed by atoms with E-state index in [4.69, 9.17) is 0 Å². The molecule has 1 aromatic heterocycles. The number of pyridine rings is 1. The number of amides is 3. The molecule has 3 N–H and O–H groups in total. The van der Waals surface area contributed by atoms with Crippen LogP contribution in [0.15, 0.2) is 85.1 Å². The fourth-order valence-corrected chi connectivity index (χ4v) is 6.48. The highest BCUT2D eigenvalue weighted by Crippen LogP contribution is 2.33. The van der Waals surface area contributed by atoms with E-state index in [1.54, 1.807) is 48.3 Å². The fourth-order valence-electron chi connectivity index (χ4n) is 6.48. The first-order chi connectivity index (χ1) is 25.4. The highest BCUT2D eigenvalue weighted by Gasteiger charge is 2.30. The molecule has 3 aromatic carbocycles. The van der Waals surface area contributed by atoms with Gasteiger partial charge in [0.05, 0.1) is 23.6 Å². The Hall–Kier alpha value is -5.27. The summed E-state index contributed by atoms with van der Waals surface area (Å²) < 4.78 is 39.6. The van der Waals surface area contributed by atoms with E-state index in [-0.39, 0.29) is 36.2 Å². The van der Waals surface area contributed by atoms with E-state index in [0.29, 0.717) is 41.2 Å². The van der Waals surface area contributed by atoms with E-state index in [2.05, 4.69) is 25.4 Å². The highest BCUT2D eigenvalue weighted by molar-refractivity contribution is 6.08. The Morgan fingerprint density at radius 3 is 2.40 bits per heavy atom. The summed E-state index contributed by atoms with van der Waals surface area (Å²) in [5.41, 5.74) is 2.63. The number of aliphatic hydroxyl groups is 1. The molecule has 10 nitrogen and oxygen atoms in total. The summed E-state index contributed by atoms with van der Waals surface area (Å²) in [6, 6.07) is 20.0. The number of aromatic nitrogens is 1. The van der Waals surface area contributed by atoms with E-state index in [0.717, 1.165) is 50.3 Å². The smallest absolute Gasteiger partial charge is 0.395 e. The molecule has 1 saturated heterocycles. The van der Waals surface area contributed by atoms with E-state index < -0.39 is 23.6 Å². The minimum atomic E-state index is -4.50. The lowest BCUT2D eigenvalue weighted by molar-refractivity contribution is -0.137. The minimum Gasteiger partial charge on any atom is -0.395 e. The number of carbonyl (C=O) groups excluding carboxylic acids is 3. The van der Waals surface area contributed by atoms with Crippen molar-refractivity contribution in [1.82, 2.24) is 20.1 Å². The molecule has 0 spiro atoms. The van der Waals surface area contributed by atoms with Gasteiger partial charge in [-0.15, -0.1) is 0 Å². The molecule has 13 heteroatoms. The van der Waals surface area contributed by atoms with Crippen LogP contribution < -0.4 is 15.5 Å². The molecule has 280 valence electrons. The second kappa shape index (κ2) is 17.5. The lowest BCUT2D eigenvalue weighted by Gasteiger charge is -2.26. The van der Waals surface area contributed by atoms with Crippen LogP contribution >= 0.6 is 0 Å². The van der Waals surface area contributed by atoms with Gasteiger partial charge in [0.1, 0.15) is 0 Å². The molecule has 3 amide bonds. The Balaban J connectivity index is 1.35. The Bertz CT molecular complexity index is 1920. The number of likely N-dealkylation sites (tertiary alicyclic amines) is 1. The van der Waals surface area contributed by atoms with Gasteiger partial charge in [0.25, 0.3) is 17.7 Å². The predicted octanol–water partition coefficient (Wildman–Crippen LogP) is 6.32. The van der Waals surface area contributed by atoms with Gasteiger partial charge in [-0.25, -0.2) is 0 Å². The molecule has 0 aliphatic carbocycles. The van der Waals surface area contributed by atoms with Crippen LogP contribution in [-0.4, -0.2) is 90.0 Å². The maximum atomic E-state index is 13.7. The zero-order valence-corrected chi connectivity index (χ0v) is 30.1. The van der Waals surface area contributed by atoms with Crippen molar-refractivity contribution in [2.45, 2.75) is 45.5 Å². The van der Waals surface area contributed by atoms with Gasteiger partial charge in [0, 0.05) is 80.0 Å². The van der Waals surface area contributed by atoms with Crippen LogP contribution in [0.25, 0.3) is 11.3 Å². The number of aliphatic hydroxyl groups excluding tert-OH is 1. The van der Waals surface area contributed by atoms with Gasteiger partial charge in [0.2, 0.25) is 0 Å². The molecule has 0 radical (unpaired) electrons. The molecule has 1 aliphatic heterocycles. The molecule has 1 unspecified atom stereocenters. The normalized spacial score (nSPS) is 14.5. The van der Waals surface area contributed by atoms with Gasteiger partial charge in [-0.3, -0.25) is 24.3 Å². The van der Waals surface area contributed by atoms with E-state index in [1.165, 1.54) is 24.4 Å². The maximum absolute atomic E-state index is 13.7. The Morgan fingerprint density at radius 1 is 0.925 bits per heavy atom. The van der Waals surface area contributed by atoms with Crippen LogP contribution in [0.2, 0.25) is 0 Å². The van der Waals surface area contributed by atoms with Crippen molar-refractivity contribution in [2.75, 3.05) is 56.6 Å². The zero-order valence-electron chi connectivity index (χ0n) is 30.1. The van der Waals surface area contributed by atoms with Crippen LogP contribution in [0, 0.1) is 0 Å². The van der Waals surface area contributed by atoms with Crippen molar-refractivity contribution in [3.05, 3.63) is 113 Å². The molecule has 2 heterocycles. The van der Waals surface area contributed by atoms with Crippen LogP contribution in [0.4, 0.5) is 24.5 Å². The molecule has 5 rings (SSSR count). The summed E-state index contributed by atoms with van der Waals surface area (Å²) in [4.78, 5) is 50.7. The van der Waals surface area contributed by atoms with Crippen molar-refractivity contribution in [3.8, 4) is 11.3 Å². The number of halogens is 3. The van der Waals surface area contributed by atoms with Crippen molar-refractivity contribution >= 4 is 29.1 Å². The third kappa shape index (κ3) is 9.79. The van der Waals surface area contributed by atoms with Crippen LogP contribution in [0.1, 0.15) is 68.9 Å². The van der Waals surface area contributed by atoms with E-state index in [9.17, 15) is 32.7 Å². The number of hydrogen-bond donors (Lipinski definition) is 3. The largest absolute Gasteiger partial charge is 0.416 e. The second-order valence-corrected chi connectivity index (χ2v) is 13.0.